The second kappa shape index (κ2) is 5.95. The lowest BCUT2D eigenvalue weighted by Crippen LogP contribution is -2.00. The Hall–Kier alpha value is -1.03. The van der Waals surface area contributed by atoms with Crippen molar-refractivity contribution in [1.82, 2.24) is 19.7 Å². The molecule has 2 aromatic rings. The van der Waals surface area contributed by atoms with Gasteiger partial charge in [-0.25, -0.2) is 18.4 Å². The largest absolute Gasteiger partial charge is 0.268 e. The summed E-state index contributed by atoms with van der Waals surface area (Å²) in [4.78, 5) is 8.22. The molecule has 2 aromatic heterocycles. The molecule has 0 aromatic carbocycles. The lowest BCUT2D eigenvalue weighted by Gasteiger charge is -2.03. The highest BCUT2D eigenvalue weighted by Crippen LogP contribution is 2.23. The van der Waals surface area contributed by atoms with Crippen LogP contribution in [0.25, 0.3) is 11.3 Å². The zero-order valence-electron chi connectivity index (χ0n) is 10.4. The fraction of sp³-hybridized carbons (Fsp3) is 0.364. The van der Waals surface area contributed by atoms with Crippen LogP contribution in [0.3, 0.4) is 0 Å². The zero-order valence-corrected chi connectivity index (χ0v) is 13.5. The van der Waals surface area contributed by atoms with Gasteiger partial charge < -0.3 is 0 Å². The van der Waals surface area contributed by atoms with Crippen molar-refractivity contribution in [2.24, 2.45) is 0 Å². The maximum absolute atomic E-state index is 10.7. The van der Waals surface area contributed by atoms with Crippen LogP contribution in [0.1, 0.15) is 25.7 Å². The Bertz CT molecular complexity index is 658. The molecule has 0 aliphatic heterocycles. The van der Waals surface area contributed by atoms with E-state index in [2.05, 4.69) is 37.7 Å². The number of hydrogen-bond donors (Lipinski definition) is 1. The van der Waals surface area contributed by atoms with Crippen LogP contribution in [0, 0.1) is 3.70 Å². The van der Waals surface area contributed by atoms with Gasteiger partial charge in [-0.15, -0.1) is 0 Å². The molecule has 0 aliphatic carbocycles. The van der Waals surface area contributed by atoms with Crippen LogP contribution >= 0.6 is 22.6 Å². The van der Waals surface area contributed by atoms with Gasteiger partial charge in [0.2, 0.25) is 0 Å². The fourth-order valence-corrected chi connectivity index (χ4v) is 2.59. The summed E-state index contributed by atoms with van der Waals surface area (Å²) in [6.45, 7) is 4.08. The first-order valence-electron chi connectivity index (χ1n) is 5.66. The van der Waals surface area contributed by atoms with Crippen LogP contribution in [0.5, 0.6) is 0 Å². The molecule has 2 rings (SSSR count). The van der Waals surface area contributed by atoms with Gasteiger partial charge in [-0.2, -0.15) is 5.10 Å². The summed E-state index contributed by atoms with van der Waals surface area (Å²) in [5, 5.41) is 4.40. The van der Waals surface area contributed by atoms with Crippen molar-refractivity contribution in [3.05, 3.63) is 28.0 Å². The lowest BCUT2D eigenvalue weighted by atomic mass is 10.2. The molecule has 0 radical (unpaired) electrons. The molecule has 2 heterocycles. The van der Waals surface area contributed by atoms with Crippen LogP contribution in [-0.4, -0.2) is 28.2 Å². The summed E-state index contributed by atoms with van der Waals surface area (Å²) in [5.41, 5.74) is 1.58. The van der Waals surface area contributed by atoms with Gasteiger partial charge in [-0.3, -0.25) is 4.68 Å². The third-order valence-corrected chi connectivity index (χ3v) is 3.81. The smallest absolute Gasteiger partial charge is 0.147 e. The molecule has 0 bridgehead atoms. The van der Waals surface area contributed by atoms with E-state index in [1.54, 1.807) is 12.3 Å². The SMILES string of the molecule is CC(C)n1cc(-c2ccnc(C[SH](=O)=O)n2)c(I)n1. The molecule has 0 saturated carbocycles. The number of aromatic nitrogens is 4. The maximum atomic E-state index is 10.7. The highest BCUT2D eigenvalue weighted by molar-refractivity contribution is 14.1. The van der Waals surface area contributed by atoms with Gasteiger partial charge in [0.25, 0.3) is 0 Å². The highest BCUT2D eigenvalue weighted by atomic mass is 127. The Morgan fingerprint density at radius 3 is 2.74 bits per heavy atom. The number of halogens is 1. The molecule has 0 atom stereocenters. The van der Waals surface area contributed by atoms with Crippen LogP contribution in [0.4, 0.5) is 0 Å². The normalized spacial score (nSPS) is 11.4. The monoisotopic (exact) mass is 392 g/mol. The van der Waals surface area contributed by atoms with Crippen molar-refractivity contribution in [3.8, 4) is 11.3 Å². The molecule has 6 nitrogen and oxygen atoms in total. The summed E-state index contributed by atoms with van der Waals surface area (Å²) in [7, 11) is -2.52. The summed E-state index contributed by atoms with van der Waals surface area (Å²) in [5.74, 6) is 0.166. The van der Waals surface area contributed by atoms with Crippen molar-refractivity contribution in [3.63, 3.8) is 0 Å². The van der Waals surface area contributed by atoms with Crippen molar-refractivity contribution < 1.29 is 8.42 Å². The Balaban J connectivity index is 2.41. The van der Waals surface area contributed by atoms with E-state index in [1.165, 1.54) is 0 Å². The summed E-state index contributed by atoms with van der Waals surface area (Å²) in [6, 6.07) is 2.02. The van der Waals surface area contributed by atoms with E-state index in [9.17, 15) is 8.42 Å². The Morgan fingerprint density at radius 1 is 1.42 bits per heavy atom. The van der Waals surface area contributed by atoms with Gasteiger partial charge in [-0.05, 0) is 42.5 Å². The fourth-order valence-electron chi connectivity index (χ4n) is 1.55. The molecule has 0 N–H and O–H groups in total. The molecule has 8 heteroatoms. The van der Waals surface area contributed by atoms with Crippen molar-refractivity contribution >= 4 is 33.3 Å². The molecule has 0 spiro atoms. The summed E-state index contributed by atoms with van der Waals surface area (Å²) < 4.78 is 24.1. The topological polar surface area (TPSA) is 77.7 Å². The summed E-state index contributed by atoms with van der Waals surface area (Å²) >= 11 is 2.14. The average molecular weight is 392 g/mol. The molecule has 0 fully saturated rings. The average Bonchev–Trinajstić information content (AvgIpc) is 2.71. The zero-order chi connectivity index (χ0) is 14.0. The van der Waals surface area contributed by atoms with Crippen molar-refractivity contribution in [2.75, 3.05) is 0 Å². The molecule has 0 amide bonds. The number of rotatable bonds is 4. The first-order chi connectivity index (χ1) is 8.97. The molecule has 102 valence electrons. The standard InChI is InChI=1S/C11H13IN4O2S/c1-7(2)16-5-8(11(12)15-16)9-3-4-13-10(14-9)6-19(17)18/h3-5,7,19H,6H2,1-2H3. The van der Waals surface area contributed by atoms with E-state index in [0.717, 1.165) is 9.26 Å². The summed E-state index contributed by atoms with van der Waals surface area (Å²) in [6.07, 6.45) is 3.48. The third kappa shape index (κ3) is 3.50. The molecule has 19 heavy (non-hydrogen) atoms. The van der Waals surface area contributed by atoms with E-state index in [1.807, 2.05) is 24.7 Å². The van der Waals surface area contributed by atoms with Crippen LogP contribution in [0.15, 0.2) is 18.5 Å². The van der Waals surface area contributed by atoms with Gasteiger partial charge in [0.15, 0.2) is 0 Å². The molecular weight excluding hydrogens is 379 g/mol. The Kier molecular flexibility index (Phi) is 4.50. The minimum absolute atomic E-state index is 0.141. The molecule has 0 aliphatic rings. The first-order valence-corrected chi connectivity index (χ1v) is 8.10. The first kappa shape index (κ1) is 14.4. The van der Waals surface area contributed by atoms with E-state index >= 15 is 0 Å². The molecular formula is C11H13IN4O2S. The number of thiol groups is 1. The van der Waals surface area contributed by atoms with Crippen molar-refractivity contribution in [1.29, 1.82) is 0 Å². The van der Waals surface area contributed by atoms with Gasteiger partial charge >= 0.3 is 0 Å². The minimum atomic E-state index is -2.52. The Labute approximate surface area is 126 Å². The Morgan fingerprint density at radius 2 is 2.16 bits per heavy atom. The quantitative estimate of drug-likeness (QED) is 0.633. The van der Waals surface area contributed by atoms with E-state index in [0.29, 0.717) is 11.5 Å². The molecule has 0 unspecified atom stereocenters. The van der Waals surface area contributed by atoms with Crippen LogP contribution in [0.2, 0.25) is 0 Å². The molecule has 0 saturated heterocycles. The predicted octanol–water partition coefficient (Wildman–Crippen LogP) is 1.64. The van der Waals surface area contributed by atoms with Crippen molar-refractivity contribution in [2.45, 2.75) is 25.6 Å². The van der Waals surface area contributed by atoms with Gasteiger partial charge in [-0.1, -0.05) is 0 Å². The third-order valence-electron chi connectivity index (χ3n) is 2.47. The van der Waals surface area contributed by atoms with Gasteiger partial charge in [0.05, 0.1) is 11.3 Å². The van der Waals surface area contributed by atoms with Gasteiger partial charge in [0, 0.05) is 18.4 Å². The second-order valence-electron chi connectivity index (χ2n) is 4.26. The van der Waals surface area contributed by atoms with Crippen LogP contribution in [-0.2, 0) is 16.5 Å². The van der Waals surface area contributed by atoms with Gasteiger partial charge in [0.1, 0.15) is 26.0 Å². The second-order valence-corrected chi connectivity index (χ2v) is 6.26. The predicted molar refractivity (Wildman–Crippen MR) is 80.4 cm³/mol. The number of nitrogens with zero attached hydrogens (tertiary/aromatic N) is 4. The highest BCUT2D eigenvalue weighted by Gasteiger charge is 2.12. The van der Waals surface area contributed by atoms with E-state index in [4.69, 9.17) is 0 Å². The van der Waals surface area contributed by atoms with Crippen LogP contribution < -0.4 is 0 Å². The maximum Gasteiger partial charge on any atom is 0.147 e. The van der Waals surface area contributed by atoms with E-state index in [-0.39, 0.29) is 11.8 Å². The van der Waals surface area contributed by atoms with E-state index < -0.39 is 10.7 Å². The lowest BCUT2D eigenvalue weighted by molar-refractivity contribution is 0.529. The minimum Gasteiger partial charge on any atom is -0.268 e. The number of hydrogen-bond acceptors (Lipinski definition) is 5.